The van der Waals surface area contributed by atoms with Crippen LogP contribution in [0.4, 0.5) is 0 Å². The summed E-state index contributed by atoms with van der Waals surface area (Å²) >= 11 is 6.52. The molecule has 2 aromatic heterocycles. The maximum Gasteiger partial charge on any atom is 0.331 e. The summed E-state index contributed by atoms with van der Waals surface area (Å²) < 4.78 is 16.2. The van der Waals surface area contributed by atoms with E-state index in [0.717, 1.165) is 32.8 Å². The van der Waals surface area contributed by atoms with Crippen LogP contribution in [-0.2, 0) is 25.4 Å². The Labute approximate surface area is 189 Å². The fraction of sp³-hybridized carbons (Fsp3) is 0.250. The number of halogens is 1. The molecule has 32 heavy (non-hydrogen) atoms. The number of hydrogen-bond acceptors (Lipinski definition) is 4. The minimum Gasteiger partial charge on any atom is -0.497 e. The molecule has 164 valence electrons. The highest BCUT2D eigenvalue weighted by Crippen LogP contribution is 2.42. The van der Waals surface area contributed by atoms with Crippen molar-refractivity contribution in [3.05, 3.63) is 85.6 Å². The highest BCUT2D eigenvalue weighted by molar-refractivity contribution is 6.31. The minimum absolute atomic E-state index is 0.339. The van der Waals surface area contributed by atoms with E-state index < -0.39 is 6.10 Å². The lowest BCUT2D eigenvalue weighted by molar-refractivity contribution is 0.0479. The molecule has 2 aromatic carbocycles. The number of aryl methyl sites for hydroxylation is 1. The summed E-state index contributed by atoms with van der Waals surface area (Å²) in [6.07, 6.45) is -0.510. The molecule has 0 radical (unpaired) electrons. The van der Waals surface area contributed by atoms with Gasteiger partial charge in [0.1, 0.15) is 11.9 Å². The van der Waals surface area contributed by atoms with Crippen molar-refractivity contribution < 1.29 is 9.47 Å². The molecule has 5 rings (SSSR count). The van der Waals surface area contributed by atoms with Gasteiger partial charge in [-0.3, -0.25) is 13.9 Å². The zero-order valence-electron chi connectivity index (χ0n) is 18.0. The van der Waals surface area contributed by atoms with Crippen LogP contribution in [0.25, 0.3) is 22.2 Å². The Hall–Kier alpha value is -3.29. The molecule has 0 amide bonds. The first-order chi connectivity index (χ1) is 15.4. The molecule has 0 saturated carbocycles. The van der Waals surface area contributed by atoms with Gasteiger partial charge in [0.05, 0.1) is 36.0 Å². The average molecular weight is 452 g/mol. The summed E-state index contributed by atoms with van der Waals surface area (Å²) in [7, 11) is 4.79. The molecular formula is C24H22ClN3O4. The van der Waals surface area contributed by atoms with Crippen LogP contribution in [0.5, 0.6) is 5.75 Å². The smallest absolute Gasteiger partial charge is 0.331 e. The first kappa shape index (κ1) is 20.6. The number of nitrogens with zero attached hydrogens (tertiary/aromatic N) is 3. The van der Waals surface area contributed by atoms with Crippen molar-refractivity contribution >= 4 is 22.5 Å². The van der Waals surface area contributed by atoms with E-state index in [0.29, 0.717) is 29.1 Å². The largest absolute Gasteiger partial charge is 0.497 e. The van der Waals surface area contributed by atoms with Gasteiger partial charge in [-0.15, -0.1) is 0 Å². The van der Waals surface area contributed by atoms with Gasteiger partial charge < -0.3 is 14.0 Å². The van der Waals surface area contributed by atoms with E-state index in [4.69, 9.17) is 21.1 Å². The Kier molecular flexibility index (Phi) is 4.95. The average Bonchev–Trinajstić information content (AvgIpc) is 3.17. The normalized spacial score (nSPS) is 15.7. The molecule has 0 spiro atoms. The summed E-state index contributed by atoms with van der Waals surface area (Å²) in [6.45, 7) is 0.991. The van der Waals surface area contributed by atoms with E-state index in [2.05, 4.69) is 4.57 Å². The SMILES string of the molecule is COc1ccc(-c2c3c(=O)n(C)c(=O)n(C)c3c3n2CCOC3c2ccccc2Cl)cc1. The van der Waals surface area contributed by atoms with Gasteiger partial charge in [-0.2, -0.15) is 0 Å². The zero-order chi connectivity index (χ0) is 22.6. The number of rotatable bonds is 3. The van der Waals surface area contributed by atoms with Crippen molar-refractivity contribution in [2.75, 3.05) is 13.7 Å². The van der Waals surface area contributed by atoms with Crippen LogP contribution >= 0.6 is 11.6 Å². The number of fused-ring (bicyclic) bond motifs is 3. The molecule has 0 fully saturated rings. The first-order valence-corrected chi connectivity index (χ1v) is 10.6. The quantitative estimate of drug-likeness (QED) is 0.478. The molecule has 0 N–H and O–H groups in total. The second-order valence-electron chi connectivity index (χ2n) is 7.82. The Balaban J connectivity index is 1.93. The third kappa shape index (κ3) is 2.92. The van der Waals surface area contributed by atoms with Gasteiger partial charge in [-0.1, -0.05) is 29.8 Å². The summed E-state index contributed by atoms with van der Waals surface area (Å²) in [6, 6.07) is 15.0. The van der Waals surface area contributed by atoms with Crippen molar-refractivity contribution in [3.63, 3.8) is 0 Å². The molecule has 0 bridgehead atoms. The second-order valence-corrected chi connectivity index (χ2v) is 8.22. The van der Waals surface area contributed by atoms with Gasteiger partial charge in [0.2, 0.25) is 0 Å². The van der Waals surface area contributed by atoms with Gasteiger partial charge in [0.15, 0.2) is 0 Å². The van der Waals surface area contributed by atoms with Crippen LogP contribution in [0.1, 0.15) is 17.4 Å². The maximum atomic E-state index is 13.4. The molecule has 1 unspecified atom stereocenters. The number of benzene rings is 2. The van der Waals surface area contributed by atoms with Crippen LogP contribution in [0.2, 0.25) is 5.02 Å². The van der Waals surface area contributed by atoms with E-state index in [1.807, 2.05) is 48.5 Å². The molecule has 1 aliphatic heterocycles. The molecule has 1 atom stereocenters. The predicted octanol–water partition coefficient (Wildman–Crippen LogP) is 3.49. The van der Waals surface area contributed by atoms with E-state index in [9.17, 15) is 9.59 Å². The van der Waals surface area contributed by atoms with Crippen molar-refractivity contribution in [2.45, 2.75) is 12.6 Å². The summed E-state index contributed by atoms with van der Waals surface area (Å²) in [5, 5.41) is 1.05. The van der Waals surface area contributed by atoms with E-state index in [1.54, 1.807) is 14.2 Å². The van der Waals surface area contributed by atoms with Crippen LogP contribution in [0.15, 0.2) is 58.1 Å². The fourth-order valence-electron chi connectivity index (χ4n) is 4.55. The number of aromatic nitrogens is 3. The number of ether oxygens (including phenoxy) is 2. The van der Waals surface area contributed by atoms with Crippen molar-refractivity contribution in [1.82, 2.24) is 13.7 Å². The Morgan fingerprint density at radius 2 is 1.75 bits per heavy atom. The number of methoxy groups -OCH3 is 1. The van der Waals surface area contributed by atoms with E-state index >= 15 is 0 Å². The van der Waals surface area contributed by atoms with Crippen molar-refractivity contribution in [2.24, 2.45) is 14.1 Å². The predicted molar refractivity (Wildman–Crippen MR) is 124 cm³/mol. The van der Waals surface area contributed by atoms with E-state index in [-0.39, 0.29) is 11.2 Å². The van der Waals surface area contributed by atoms with Gasteiger partial charge >= 0.3 is 5.69 Å². The monoisotopic (exact) mass is 451 g/mol. The molecule has 1 aliphatic rings. The molecule has 8 heteroatoms. The second kappa shape index (κ2) is 7.69. The van der Waals surface area contributed by atoms with Gasteiger partial charge in [-0.05, 0) is 35.9 Å². The Morgan fingerprint density at radius 3 is 2.44 bits per heavy atom. The van der Waals surface area contributed by atoms with Crippen molar-refractivity contribution in [1.29, 1.82) is 0 Å². The molecule has 0 aliphatic carbocycles. The Morgan fingerprint density at radius 1 is 1.03 bits per heavy atom. The highest BCUT2D eigenvalue weighted by atomic mass is 35.5. The first-order valence-electron chi connectivity index (χ1n) is 10.3. The molecule has 3 heterocycles. The lowest BCUT2D eigenvalue weighted by Crippen LogP contribution is -2.37. The molecule has 4 aromatic rings. The lowest BCUT2D eigenvalue weighted by atomic mass is 10.0. The van der Waals surface area contributed by atoms with Crippen LogP contribution < -0.4 is 16.0 Å². The van der Waals surface area contributed by atoms with Crippen molar-refractivity contribution in [3.8, 4) is 17.0 Å². The minimum atomic E-state index is -0.510. The summed E-state index contributed by atoms with van der Waals surface area (Å²) in [5.41, 5.74) is 3.00. The summed E-state index contributed by atoms with van der Waals surface area (Å²) in [5.74, 6) is 0.723. The third-order valence-electron chi connectivity index (χ3n) is 6.10. The number of hydrogen-bond donors (Lipinski definition) is 0. The third-order valence-corrected chi connectivity index (χ3v) is 6.45. The maximum absolute atomic E-state index is 13.4. The molecule has 7 nitrogen and oxygen atoms in total. The lowest BCUT2D eigenvalue weighted by Gasteiger charge is -2.28. The van der Waals surface area contributed by atoms with Crippen LogP contribution in [0.3, 0.4) is 0 Å². The highest BCUT2D eigenvalue weighted by Gasteiger charge is 2.33. The molecular weight excluding hydrogens is 430 g/mol. The van der Waals surface area contributed by atoms with Crippen LogP contribution in [-0.4, -0.2) is 27.4 Å². The molecule has 0 saturated heterocycles. The topological polar surface area (TPSA) is 67.4 Å². The summed E-state index contributed by atoms with van der Waals surface area (Å²) in [4.78, 5) is 26.3. The van der Waals surface area contributed by atoms with E-state index in [1.165, 1.54) is 11.6 Å². The Bertz CT molecular complexity index is 1460. The van der Waals surface area contributed by atoms with Gasteiger partial charge in [-0.25, -0.2) is 4.79 Å². The van der Waals surface area contributed by atoms with Crippen LogP contribution in [0, 0.1) is 0 Å². The van der Waals surface area contributed by atoms with Gasteiger partial charge in [0, 0.05) is 31.2 Å². The van der Waals surface area contributed by atoms with Gasteiger partial charge in [0.25, 0.3) is 5.56 Å². The fourth-order valence-corrected chi connectivity index (χ4v) is 4.79. The standard InChI is InChI=1S/C24H22ClN3O4/c1-26-20-18(23(29)27(2)24(26)30)19(14-8-10-15(31-3)11-9-14)28-12-13-32-22(21(20)28)16-6-4-5-7-17(16)25/h4-11,22H,12-13H2,1-3H3. The zero-order valence-corrected chi connectivity index (χ0v) is 18.7.